The minimum absolute atomic E-state index is 0.193. The molecule has 2 aliphatic rings. The molecule has 0 radical (unpaired) electrons. The minimum atomic E-state index is 0.193. The van der Waals surface area contributed by atoms with E-state index in [1.807, 2.05) is 29.7 Å². The van der Waals surface area contributed by atoms with Crippen molar-refractivity contribution in [3.8, 4) is 0 Å². The summed E-state index contributed by atoms with van der Waals surface area (Å²) in [6.45, 7) is 9.83. The number of hydrogen-bond acceptors (Lipinski definition) is 2. The van der Waals surface area contributed by atoms with E-state index in [2.05, 4.69) is 37.0 Å². The summed E-state index contributed by atoms with van der Waals surface area (Å²) in [5.74, 6) is 0.421. The fourth-order valence-corrected chi connectivity index (χ4v) is 4.62. The molecule has 0 amide bonds. The predicted octanol–water partition coefficient (Wildman–Crippen LogP) is 4.49. The van der Waals surface area contributed by atoms with Crippen LogP contribution in [0.1, 0.15) is 40.5 Å². The number of carbonyl (C=O) groups is 1. The van der Waals surface area contributed by atoms with Crippen molar-refractivity contribution in [3.63, 3.8) is 0 Å². The van der Waals surface area contributed by atoms with E-state index in [9.17, 15) is 4.79 Å². The van der Waals surface area contributed by atoms with Crippen LogP contribution in [0.2, 0.25) is 0 Å². The highest BCUT2D eigenvalue weighted by molar-refractivity contribution is 5.99. The van der Waals surface area contributed by atoms with E-state index in [1.54, 1.807) is 0 Å². The molecule has 2 aliphatic heterocycles. The van der Waals surface area contributed by atoms with E-state index >= 15 is 0 Å². The van der Waals surface area contributed by atoms with Gasteiger partial charge < -0.3 is 5.32 Å². The van der Waals surface area contributed by atoms with Crippen molar-refractivity contribution in [2.75, 3.05) is 6.54 Å². The molecule has 0 saturated carbocycles. The molecule has 1 aromatic heterocycles. The molecule has 1 aromatic carbocycles. The van der Waals surface area contributed by atoms with Crippen LogP contribution in [0, 0.1) is 12.8 Å². The zero-order chi connectivity index (χ0) is 18.3. The van der Waals surface area contributed by atoms with Crippen molar-refractivity contribution in [2.45, 2.75) is 39.7 Å². The van der Waals surface area contributed by atoms with Gasteiger partial charge in [-0.25, -0.2) is 0 Å². The summed E-state index contributed by atoms with van der Waals surface area (Å²) in [6, 6.07) is 4.52. The summed E-state index contributed by atoms with van der Waals surface area (Å²) in [5.41, 5.74) is 7.44. The van der Waals surface area contributed by atoms with E-state index in [0.29, 0.717) is 6.42 Å². The number of aromatic nitrogens is 1. The van der Waals surface area contributed by atoms with Gasteiger partial charge in [-0.2, -0.15) is 0 Å². The fraction of sp³-hybridized carbons (Fsp3) is 0.348. The molecule has 0 fully saturated rings. The maximum atomic E-state index is 13.3. The summed E-state index contributed by atoms with van der Waals surface area (Å²) in [6.07, 6.45) is 10.4. The Morgan fingerprint density at radius 2 is 2.19 bits per heavy atom. The molecule has 3 nitrogen and oxygen atoms in total. The van der Waals surface area contributed by atoms with Gasteiger partial charge in [-0.05, 0) is 49.0 Å². The molecule has 3 heteroatoms. The third kappa shape index (κ3) is 2.67. The fourth-order valence-electron chi connectivity index (χ4n) is 4.62. The summed E-state index contributed by atoms with van der Waals surface area (Å²) in [4.78, 5) is 13.3. The van der Waals surface area contributed by atoms with Gasteiger partial charge in [0.15, 0.2) is 0 Å². The van der Waals surface area contributed by atoms with Crippen molar-refractivity contribution in [3.05, 3.63) is 71.0 Å². The number of nitrogens with zero attached hydrogens (tertiary/aromatic N) is 1. The Kier molecular flexibility index (Phi) is 4.41. The van der Waals surface area contributed by atoms with Gasteiger partial charge in [-0.1, -0.05) is 42.5 Å². The number of hydrogen-bond donors (Lipinski definition) is 1. The highest BCUT2D eigenvalue weighted by Crippen LogP contribution is 2.37. The second kappa shape index (κ2) is 6.73. The predicted molar refractivity (Wildman–Crippen MR) is 108 cm³/mol. The van der Waals surface area contributed by atoms with Gasteiger partial charge in [0.1, 0.15) is 0 Å². The Bertz CT molecular complexity index is 958. The van der Waals surface area contributed by atoms with Crippen molar-refractivity contribution in [1.82, 2.24) is 9.88 Å². The molecular formula is C23H26N2O. The molecule has 0 spiro atoms. The van der Waals surface area contributed by atoms with Gasteiger partial charge in [0.25, 0.3) is 0 Å². The number of rotatable bonds is 3. The molecule has 134 valence electrons. The highest BCUT2D eigenvalue weighted by atomic mass is 16.2. The van der Waals surface area contributed by atoms with Crippen LogP contribution in [0.15, 0.2) is 48.6 Å². The van der Waals surface area contributed by atoms with Gasteiger partial charge in [-0.15, -0.1) is 0 Å². The molecule has 26 heavy (non-hydrogen) atoms. The molecule has 1 unspecified atom stereocenters. The number of aryl methyl sites for hydroxylation is 1. The first kappa shape index (κ1) is 17.0. The molecule has 0 bridgehead atoms. The first-order valence-electron chi connectivity index (χ1n) is 9.49. The molecule has 4 rings (SSSR count). The van der Waals surface area contributed by atoms with Crippen molar-refractivity contribution in [2.24, 2.45) is 5.92 Å². The van der Waals surface area contributed by atoms with E-state index in [0.717, 1.165) is 31.4 Å². The molecule has 2 aromatic rings. The number of allylic oxidation sites excluding steroid dienone is 5. The third-order valence-electron chi connectivity index (χ3n) is 5.62. The lowest BCUT2D eigenvalue weighted by Crippen LogP contribution is -2.26. The molecular weight excluding hydrogens is 320 g/mol. The topological polar surface area (TPSA) is 34.0 Å². The Morgan fingerprint density at radius 1 is 1.35 bits per heavy atom. The number of nitrogens with one attached hydrogen (secondary N) is 1. The molecule has 1 N–H and O–H groups in total. The van der Waals surface area contributed by atoms with Gasteiger partial charge in [0.2, 0.25) is 5.91 Å². The van der Waals surface area contributed by atoms with Gasteiger partial charge >= 0.3 is 0 Å². The Morgan fingerprint density at radius 3 is 2.96 bits per heavy atom. The molecule has 0 aliphatic carbocycles. The monoisotopic (exact) mass is 346 g/mol. The Labute approximate surface area is 155 Å². The molecule has 0 saturated heterocycles. The average Bonchev–Trinajstić information content (AvgIpc) is 2.87. The lowest BCUT2D eigenvalue weighted by atomic mass is 9.87. The van der Waals surface area contributed by atoms with E-state index in [4.69, 9.17) is 0 Å². The highest BCUT2D eigenvalue weighted by Gasteiger charge is 2.30. The van der Waals surface area contributed by atoms with Gasteiger partial charge in [0, 0.05) is 37.0 Å². The van der Waals surface area contributed by atoms with Crippen LogP contribution < -0.4 is 5.32 Å². The SMILES string of the molecule is C=C/C=C(\C=C/C)C1CC(=O)n2c3c(c4cc(C)cc(c42)C1)CNCC3. The number of benzene rings is 1. The van der Waals surface area contributed by atoms with Crippen molar-refractivity contribution in [1.29, 1.82) is 0 Å². The second-order valence-electron chi connectivity index (χ2n) is 7.41. The van der Waals surface area contributed by atoms with Crippen LogP contribution in [0.5, 0.6) is 0 Å². The standard InChI is InChI=1S/C23H26N2O/c1-4-6-16(7-5-2)17-12-18-10-15(3)11-19-20-14-24-9-8-21(20)25(23(18)19)22(26)13-17/h4-7,10-11,17,24H,1,8-9,12-14H2,2-3H3/b7-5-,16-6+. The zero-order valence-electron chi connectivity index (χ0n) is 15.6. The van der Waals surface area contributed by atoms with Crippen LogP contribution in [0.4, 0.5) is 0 Å². The van der Waals surface area contributed by atoms with E-state index in [-0.39, 0.29) is 11.8 Å². The second-order valence-corrected chi connectivity index (χ2v) is 7.41. The maximum absolute atomic E-state index is 13.3. The summed E-state index contributed by atoms with van der Waals surface area (Å²) in [5, 5.41) is 4.73. The van der Waals surface area contributed by atoms with Gasteiger partial charge in [0.05, 0.1) is 5.52 Å². The Balaban J connectivity index is 1.93. The lowest BCUT2D eigenvalue weighted by molar-refractivity contribution is 0.0892. The largest absolute Gasteiger partial charge is 0.312 e. The third-order valence-corrected chi connectivity index (χ3v) is 5.62. The smallest absolute Gasteiger partial charge is 0.231 e. The Hall–Kier alpha value is -2.39. The number of carbonyl (C=O) groups excluding carboxylic acids is 1. The molecule has 1 atom stereocenters. The van der Waals surface area contributed by atoms with Crippen LogP contribution in [-0.4, -0.2) is 17.0 Å². The minimum Gasteiger partial charge on any atom is -0.312 e. The number of fused-ring (bicyclic) bond motifs is 3. The van der Waals surface area contributed by atoms with E-state index < -0.39 is 0 Å². The lowest BCUT2D eigenvalue weighted by Gasteiger charge is -2.18. The van der Waals surface area contributed by atoms with Crippen molar-refractivity contribution < 1.29 is 4.79 Å². The average molecular weight is 346 g/mol. The van der Waals surface area contributed by atoms with E-state index in [1.165, 1.54) is 33.3 Å². The zero-order valence-corrected chi connectivity index (χ0v) is 15.6. The summed E-state index contributed by atoms with van der Waals surface area (Å²) in [7, 11) is 0. The van der Waals surface area contributed by atoms with Crippen LogP contribution in [0.3, 0.4) is 0 Å². The van der Waals surface area contributed by atoms with Crippen LogP contribution in [0.25, 0.3) is 10.9 Å². The maximum Gasteiger partial charge on any atom is 0.231 e. The van der Waals surface area contributed by atoms with Gasteiger partial charge in [-0.3, -0.25) is 9.36 Å². The molecule has 3 heterocycles. The van der Waals surface area contributed by atoms with Crippen LogP contribution >= 0.6 is 0 Å². The quantitative estimate of drug-likeness (QED) is 0.831. The first-order chi connectivity index (χ1) is 12.6. The first-order valence-corrected chi connectivity index (χ1v) is 9.49. The van der Waals surface area contributed by atoms with Crippen LogP contribution in [-0.2, 0) is 19.4 Å². The summed E-state index contributed by atoms with van der Waals surface area (Å²) < 4.78 is 2.04. The summed E-state index contributed by atoms with van der Waals surface area (Å²) >= 11 is 0. The normalized spacial score (nSPS) is 20.5. The van der Waals surface area contributed by atoms with Crippen molar-refractivity contribution >= 4 is 16.8 Å².